The number of benzene rings is 2. The van der Waals surface area contributed by atoms with Gasteiger partial charge in [-0.25, -0.2) is 0 Å². The molecule has 0 bridgehead atoms. The number of aryl methyl sites for hydroxylation is 1. The third kappa shape index (κ3) is 6.41. The zero-order chi connectivity index (χ0) is 24.0. The summed E-state index contributed by atoms with van der Waals surface area (Å²) in [5, 5.41) is 4.31. The number of nitrogens with zero attached hydrogens (tertiary/aromatic N) is 1. The molecule has 2 nitrogen and oxygen atoms in total. The van der Waals surface area contributed by atoms with Crippen LogP contribution in [-0.2, 0) is 13.0 Å². The fourth-order valence-electron chi connectivity index (χ4n) is 4.45. The predicted molar refractivity (Wildman–Crippen MR) is 145 cm³/mol. The van der Waals surface area contributed by atoms with Crippen LogP contribution < -0.4 is 4.74 Å². The smallest absolute Gasteiger partial charge is 0.120 e. The Labute approximate surface area is 209 Å². The molecule has 3 heteroatoms. The molecule has 0 N–H and O–H groups in total. The summed E-state index contributed by atoms with van der Waals surface area (Å²) in [6.45, 7) is 11.2. The summed E-state index contributed by atoms with van der Waals surface area (Å²) in [6.07, 6.45) is 6.50. The van der Waals surface area contributed by atoms with Crippen molar-refractivity contribution in [3.8, 4) is 28.7 Å². The third-order valence-corrected chi connectivity index (χ3v) is 6.87. The maximum absolute atomic E-state index is 6.25. The molecule has 0 aliphatic heterocycles. The molecule has 1 aromatic heterocycles. The first kappa shape index (κ1) is 24.3. The molecule has 1 aliphatic carbocycles. The van der Waals surface area contributed by atoms with E-state index < -0.39 is 0 Å². The van der Waals surface area contributed by atoms with E-state index in [1.54, 1.807) is 11.3 Å². The van der Waals surface area contributed by atoms with Crippen molar-refractivity contribution in [2.75, 3.05) is 13.1 Å². The highest BCUT2D eigenvalue weighted by Crippen LogP contribution is 2.38. The Balaban J connectivity index is 1.42. The van der Waals surface area contributed by atoms with Gasteiger partial charge in [-0.1, -0.05) is 49.1 Å². The third-order valence-electron chi connectivity index (χ3n) is 6.19. The molecule has 1 aliphatic rings. The molecule has 0 radical (unpaired) electrons. The second-order valence-electron chi connectivity index (χ2n) is 9.93. The van der Waals surface area contributed by atoms with Gasteiger partial charge in [0, 0.05) is 18.0 Å². The molecular formula is C31H35NOS. The quantitative estimate of drug-likeness (QED) is 0.311. The first-order valence-corrected chi connectivity index (χ1v) is 13.2. The van der Waals surface area contributed by atoms with Crippen molar-refractivity contribution in [1.82, 2.24) is 4.90 Å². The zero-order valence-corrected chi connectivity index (χ0v) is 21.6. The summed E-state index contributed by atoms with van der Waals surface area (Å²) in [5.74, 6) is 7.42. The average Bonchev–Trinajstić information content (AvgIpc) is 3.50. The normalized spacial score (nSPS) is 15.4. The standard InChI is InChI=1S/C31H35NOS/c1-5-32(18-8-6-7-17-31(2,3)4)30-15-13-25-12-14-28(21-29(25)30)33-22-24-10-9-11-26(20-24)27-16-19-34-23-27/h6,8-12,14,16,19-21,23,30H,5,13,15,18,22H2,1-4H3. The number of fused-ring (bicyclic) bond motifs is 1. The zero-order valence-electron chi connectivity index (χ0n) is 20.8. The molecule has 1 atom stereocenters. The summed E-state index contributed by atoms with van der Waals surface area (Å²) in [6, 6.07) is 17.9. The van der Waals surface area contributed by atoms with Crippen molar-refractivity contribution < 1.29 is 4.74 Å². The number of likely N-dealkylation sites (N-methyl/N-ethyl adjacent to an activating group) is 1. The van der Waals surface area contributed by atoms with Crippen LogP contribution in [0.1, 0.15) is 56.8 Å². The number of thiophene rings is 1. The number of ether oxygens (including phenoxy) is 1. The Morgan fingerprint density at radius 1 is 1.12 bits per heavy atom. The molecule has 4 rings (SSSR count). The van der Waals surface area contributed by atoms with Crippen LogP contribution in [0, 0.1) is 17.3 Å². The Hall–Kier alpha value is -2.80. The van der Waals surface area contributed by atoms with Crippen LogP contribution >= 0.6 is 11.3 Å². The highest BCUT2D eigenvalue weighted by atomic mass is 32.1. The van der Waals surface area contributed by atoms with E-state index in [1.165, 1.54) is 27.8 Å². The van der Waals surface area contributed by atoms with Gasteiger partial charge in [-0.05, 0) is 109 Å². The first-order chi connectivity index (χ1) is 16.4. The van der Waals surface area contributed by atoms with E-state index in [0.717, 1.165) is 31.7 Å². The van der Waals surface area contributed by atoms with Crippen LogP contribution in [-0.4, -0.2) is 18.0 Å². The molecule has 0 amide bonds. The molecule has 2 aromatic carbocycles. The van der Waals surface area contributed by atoms with Crippen molar-refractivity contribution in [1.29, 1.82) is 0 Å². The lowest BCUT2D eigenvalue weighted by Gasteiger charge is -2.27. The van der Waals surface area contributed by atoms with Gasteiger partial charge in [0.1, 0.15) is 12.4 Å². The molecule has 34 heavy (non-hydrogen) atoms. The molecule has 0 spiro atoms. The van der Waals surface area contributed by atoms with Crippen molar-refractivity contribution in [2.24, 2.45) is 5.41 Å². The second kappa shape index (κ2) is 11.1. The highest BCUT2D eigenvalue weighted by Gasteiger charge is 2.27. The topological polar surface area (TPSA) is 12.5 Å². The first-order valence-electron chi connectivity index (χ1n) is 12.2. The maximum Gasteiger partial charge on any atom is 0.120 e. The molecule has 1 unspecified atom stereocenters. The van der Waals surface area contributed by atoms with E-state index in [9.17, 15) is 0 Å². The fourth-order valence-corrected chi connectivity index (χ4v) is 5.11. The van der Waals surface area contributed by atoms with E-state index in [0.29, 0.717) is 12.6 Å². The Kier molecular flexibility index (Phi) is 7.93. The molecule has 0 saturated heterocycles. The van der Waals surface area contributed by atoms with Crippen molar-refractivity contribution in [2.45, 2.75) is 53.2 Å². The molecule has 0 fully saturated rings. The summed E-state index contributed by atoms with van der Waals surface area (Å²) in [7, 11) is 0. The number of allylic oxidation sites excluding steroid dienone is 1. The van der Waals surface area contributed by atoms with Gasteiger partial charge in [0.05, 0.1) is 0 Å². The van der Waals surface area contributed by atoms with E-state index in [2.05, 4.69) is 110 Å². The molecular weight excluding hydrogens is 434 g/mol. The lowest BCUT2D eigenvalue weighted by Crippen LogP contribution is -2.27. The largest absolute Gasteiger partial charge is 0.489 e. The summed E-state index contributed by atoms with van der Waals surface area (Å²) < 4.78 is 6.25. The average molecular weight is 470 g/mol. The lowest BCUT2D eigenvalue weighted by atomic mass is 9.98. The number of rotatable bonds is 8. The van der Waals surface area contributed by atoms with Gasteiger partial charge < -0.3 is 4.74 Å². The van der Waals surface area contributed by atoms with Crippen LogP contribution in [0.25, 0.3) is 11.1 Å². The maximum atomic E-state index is 6.25. The molecule has 3 aromatic rings. The van der Waals surface area contributed by atoms with E-state index in [-0.39, 0.29) is 5.41 Å². The summed E-state index contributed by atoms with van der Waals surface area (Å²) in [5.41, 5.74) is 6.62. The number of hydrogen-bond donors (Lipinski definition) is 0. The van der Waals surface area contributed by atoms with Crippen LogP contribution in [0.3, 0.4) is 0 Å². The lowest BCUT2D eigenvalue weighted by molar-refractivity contribution is 0.229. The minimum atomic E-state index is 0.0425. The summed E-state index contributed by atoms with van der Waals surface area (Å²) in [4.78, 5) is 2.54. The van der Waals surface area contributed by atoms with Gasteiger partial charge in [-0.15, -0.1) is 0 Å². The van der Waals surface area contributed by atoms with Gasteiger partial charge in [-0.2, -0.15) is 11.3 Å². The predicted octanol–water partition coefficient (Wildman–Crippen LogP) is 7.91. The fraction of sp³-hybridized carbons (Fsp3) is 0.355. The van der Waals surface area contributed by atoms with Gasteiger partial charge in [-0.3, -0.25) is 4.90 Å². The number of hydrogen-bond acceptors (Lipinski definition) is 3. The van der Waals surface area contributed by atoms with Crippen LogP contribution in [0.2, 0.25) is 0 Å². The van der Waals surface area contributed by atoms with Crippen molar-refractivity contribution in [3.05, 3.63) is 88.1 Å². The second-order valence-corrected chi connectivity index (χ2v) is 10.7. The molecule has 176 valence electrons. The Morgan fingerprint density at radius 3 is 2.76 bits per heavy atom. The van der Waals surface area contributed by atoms with E-state index in [4.69, 9.17) is 4.74 Å². The van der Waals surface area contributed by atoms with Crippen LogP contribution in [0.5, 0.6) is 5.75 Å². The van der Waals surface area contributed by atoms with Crippen LogP contribution in [0.15, 0.2) is 71.4 Å². The highest BCUT2D eigenvalue weighted by molar-refractivity contribution is 7.08. The van der Waals surface area contributed by atoms with E-state index >= 15 is 0 Å². The van der Waals surface area contributed by atoms with Gasteiger partial charge in [0.15, 0.2) is 0 Å². The van der Waals surface area contributed by atoms with Gasteiger partial charge in [0.25, 0.3) is 0 Å². The van der Waals surface area contributed by atoms with Crippen molar-refractivity contribution >= 4 is 11.3 Å². The monoisotopic (exact) mass is 469 g/mol. The summed E-state index contributed by atoms with van der Waals surface area (Å²) >= 11 is 1.73. The Bertz CT molecular complexity index is 1170. The van der Waals surface area contributed by atoms with Gasteiger partial charge in [0.2, 0.25) is 0 Å². The minimum absolute atomic E-state index is 0.0425. The van der Waals surface area contributed by atoms with Crippen molar-refractivity contribution in [3.63, 3.8) is 0 Å². The van der Waals surface area contributed by atoms with E-state index in [1.807, 2.05) is 6.08 Å². The molecule has 1 heterocycles. The minimum Gasteiger partial charge on any atom is -0.489 e. The molecule has 0 saturated carbocycles. The Morgan fingerprint density at radius 2 is 2.00 bits per heavy atom. The SMILES string of the molecule is CCN(CC=CC#CC(C)(C)C)C1CCc2ccc(OCc3cccc(-c4ccsc4)c3)cc21. The van der Waals surface area contributed by atoms with Crippen LogP contribution in [0.4, 0.5) is 0 Å². The van der Waals surface area contributed by atoms with Gasteiger partial charge >= 0.3 is 0 Å².